The van der Waals surface area contributed by atoms with Crippen LogP contribution in [-0.4, -0.2) is 25.1 Å². The van der Waals surface area contributed by atoms with Gasteiger partial charge in [0.1, 0.15) is 11.6 Å². The fraction of sp³-hybridized carbons (Fsp3) is 0.176. The number of carbonyl (C=O) groups excluding carboxylic acids is 2. The standard InChI is InChI=1S/C17H15ClFNO4/c1-11-5-6-13(8-15(11)18)20-16(21)9-24-17(22)10-23-14-4-2-3-12(19)7-14/h2-8H,9-10H2,1H3,(H,20,21). The zero-order valence-electron chi connectivity index (χ0n) is 12.8. The number of aryl methyl sites for hydroxylation is 1. The van der Waals surface area contributed by atoms with Crippen LogP contribution in [0.15, 0.2) is 42.5 Å². The van der Waals surface area contributed by atoms with Gasteiger partial charge in [0.15, 0.2) is 13.2 Å². The average Bonchev–Trinajstić information content (AvgIpc) is 2.54. The third kappa shape index (κ3) is 5.55. The van der Waals surface area contributed by atoms with E-state index >= 15 is 0 Å². The quantitative estimate of drug-likeness (QED) is 0.811. The monoisotopic (exact) mass is 351 g/mol. The molecule has 0 aromatic heterocycles. The summed E-state index contributed by atoms with van der Waals surface area (Å²) < 4.78 is 22.8. The van der Waals surface area contributed by atoms with Gasteiger partial charge >= 0.3 is 5.97 Å². The number of hydrogen-bond donors (Lipinski definition) is 1. The number of ether oxygens (including phenoxy) is 2. The van der Waals surface area contributed by atoms with Crippen LogP contribution in [-0.2, 0) is 14.3 Å². The van der Waals surface area contributed by atoms with E-state index < -0.39 is 30.9 Å². The molecule has 0 unspecified atom stereocenters. The molecular weight excluding hydrogens is 337 g/mol. The number of anilines is 1. The van der Waals surface area contributed by atoms with Crippen molar-refractivity contribution in [3.05, 3.63) is 58.9 Å². The Hall–Kier alpha value is -2.60. The summed E-state index contributed by atoms with van der Waals surface area (Å²) in [5.41, 5.74) is 1.39. The topological polar surface area (TPSA) is 64.6 Å². The third-order valence-corrected chi connectivity index (χ3v) is 3.38. The second-order valence-electron chi connectivity index (χ2n) is 4.92. The number of benzene rings is 2. The molecule has 2 rings (SSSR count). The summed E-state index contributed by atoms with van der Waals surface area (Å²) >= 11 is 5.96. The Bertz CT molecular complexity index is 751. The zero-order chi connectivity index (χ0) is 17.5. The highest BCUT2D eigenvalue weighted by Crippen LogP contribution is 2.19. The van der Waals surface area contributed by atoms with Gasteiger partial charge in [0.05, 0.1) is 0 Å². The Morgan fingerprint density at radius 1 is 1.17 bits per heavy atom. The molecule has 0 fully saturated rings. The molecule has 0 bridgehead atoms. The summed E-state index contributed by atoms with van der Waals surface area (Å²) in [5, 5.41) is 3.08. The van der Waals surface area contributed by atoms with Crippen molar-refractivity contribution in [1.82, 2.24) is 0 Å². The number of carbonyl (C=O) groups is 2. The van der Waals surface area contributed by atoms with E-state index in [1.807, 2.05) is 6.92 Å². The van der Waals surface area contributed by atoms with Gasteiger partial charge in [-0.15, -0.1) is 0 Å². The largest absolute Gasteiger partial charge is 0.482 e. The summed E-state index contributed by atoms with van der Waals surface area (Å²) in [7, 11) is 0. The van der Waals surface area contributed by atoms with Crippen molar-refractivity contribution in [1.29, 1.82) is 0 Å². The van der Waals surface area contributed by atoms with Crippen LogP contribution in [0.4, 0.5) is 10.1 Å². The molecule has 2 aromatic rings. The molecule has 126 valence electrons. The number of nitrogens with one attached hydrogen (secondary N) is 1. The Morgan fingerprint density at radius 3 is 2.67 bits per heavy atom. The molecule has 5 nitrogen and oxygen atoms in total. The summed E-state index contributed by atoms with van der Waals surface area (Å²) in [6.45, 7) is 0.957. The first-order valence-corrected chi connectivity index (χ1v) is 7.42. The highest BCUT2D eigenvalue weighted by molar-refractivity contribution is 6.31. The van der Waals surface area contributed by atoms with Crippen LogP contribution < -0.4 is 10.1 Å². The smallest absolute Gasteiger partial charge is 0.344 e. The van der Waals surface area contributed by atoms with E-state index in [2.05, 4.69) is 5.32 Å². The van der Waals surface area contributed by atoms with Crippen molar-refractivity contribution in [2.24, 2.45) is 0 Å². The molecule has 0 saturated carbocycles. The van der Waals surface area contributed by atoms with Crippen LogP contribution in [0.25, 0.3) is 0 Å². The molecule has 0 saturated heterocycles. The highest BCUT2D eigenvalue weighted by atomic mass is 35.5. The third-order valence-electron chi connectivity index (χ3n) is 2.97. The van der Waals surface area contributed by atoms with Gasteiger partial charge in [-0.3, -0.25) is 4.79 Å². The second kappa shape index (κ2) is 8.31. The maximum atomic E-state index is 12.9. The van der Waals surface area contributed by atoms with Crippen LogP contribution in [0.1, 0.15) is 5.56 Å². The van der Waals surface area contributed by atoms with Crippen molar-refractivity contribution in [3.8, 4) is 5.75 Å². The molecule has 1 N–H and O–H groups in total. The van der Waals surface area contributed by atoms with Crippen molar-refractivity contribution in [3.63, 3.8) is 0 Å². The molecule has 24 heavy (non-hydrogen) atoms. The Kier molecular flexibility index (Phi) is 6.14. The maximum absolute atomic E-state index is 12.9. The first-order valence-electron chi connectivity index (χ1n) is 7.04. The molecule has 0 aliphatic heterocycles. The van der Waals surface area contributed by atoms with Gasteiger partial charge in [0.2, 0.25) is 0 Å². The van der Waals surface area contributed by atoms with Gasteiger partial charge < -0.3 is 14.8 Å². The Labute approximate surface area is 143 Å². The van der Waals surface area contributed by atoms with Gasteiger partial charge in [0, 0.05) is 16.8 Å². The van der Waals surface area contributed by atoms with E-state index in [1.165, 1.54) is 18.2 Å². The van der Waals surface area contributed by atoms with E-state index in [9.17, 15) is 14.0 Å². The lowest BCUT2D eigenvalue weighted by atomic mass is 10.2. The van der Waals surface area contributed by atoms with E-state index in [4.69, 9.17) is 21.1 Å². The van der Waals surface area contributed by atoms with Gasteiger partial charge in [-0.2, -0.15) is 0 Å². The number of amides is 1. The molecule has 2 aromatic carbocycles. The van der Waals surface area contributed by atoms with Crippen molar-refractivity contribution < 1.29 is 23.5 Å². The van der Waals surface area contributed by atoms with Crippen molar-refractivity contribution in [2.45, 2.75) is 6.92 Å². The van der Waals surface area contributed by atoms with E-state index in [0.717, 1.165) is 11.6 Å². The van der Waals surface area contributed by atoms with Crippen LogP contribution in [0.2, 0.25) is 5.02 Å². The molecule has 0 aliphatic carbocycles. The predicted octanol–water partition coefficient (Wildman–Crippen LogP) is 3.35. The van der Waals surface area contributed by atoms with Crippen LogP contribution in [0, 0.1) is 12.7 Å². The normalized spacial score (nSPS) is 10.1. The highest BCUT2D eigenvalue weighted by Gasteiger charge is 2.09. The van der Waals surface area contributed by atoms with Crippen LogP contribution in [0.3, 0.4) is 0 Å². The van der Waals surface area contributed by atoms with E-state index in [1.54, 1.807) is 18.2 Å². The first kappa shape index (κ1) is 17.7. The Morgan fingerprint density at radius 2 is 1.96 bits per heavy atom. The minimum absolute atomic E-state index is 0.200. The van der Waals surface area contributed by atoms with Crippen LogP contribution >= 0.6 is 11.6 Å². The fourth-order valence-electron chi connectivity index (χ4n) is 1.75. The lowest BCUT2D eigenvalue weighted by molar-refractivity contribution is -0.149. The number of rotatable bonds is 6. The van der Waals surface area contributed by atoms with Gasteiger partial charge in [0.25, 0.3) is 5.91 Å². The fourth-order valence-corrected chi connectivity index (χ4v) is 1.93. The molecule has 0 spiro atoms. The van der Waals surface area contributed by atoms with E-state index in [-0.39, 0.29) is 5.75 Å². The zero-order valence-corrected chi connectivity index (χ0v) is 13.6. The molecule has 7 heteroatoms. The van der Waals surface area contributed by atoms with Gasteiger partial charge in [-0.05, 0) is 36.8 Å². The van der Waals surface area contributed by atoms with Crippen molar-refractivity contribution in [2.75, 3.05) is 18.5 Å². The summed E-state index contributed by atoms with van der Waals surface area (Å²) in [6, 6.07) is 10.4. The van der Waals surface area contributed by atoms with Crippen molar-refractivity contribution >= 4 is 29.2 Å². The number of halogens is 2. The maximum Gasteiger partial charge on any atom is 0.344 e. The molecular formula is C17H15ClFNO4. The molecule has 1 amide bonds. The second-order valence-corrected chi connectivity index (χ2v) is 5.33. The Balaban J connectivity index is 1.74. The SMILES string of the molecule is Cc1ccc(NC(=O)COC(=O)COc2cccc(F)c2)cc1Cl. The molecule has 0 radical (unpaired) electrons. The lowest BCUT2D eigenvalue weighted by Crippen LogP contribution is -2.23. The van der Waals surface area contributed by atoms with Gasteiger partial charge in [-0.25, -0.2) is 9.18 Å². The molecule has 0 aliphatic rings. The number of hydrogen-bond acceptors (Lipinski definition) is 4. The molecule has 0 heterocycles. The average molecular weight is 352 g/mol. The lowest BCUT2D eigenvalue weighted by Gasteiger charge is -2.08. The summed E-state index contributed by atoms with van der Waals surface area (Å²) in [6.07, 6.45) is 0. The predicted molar refractivity (Wildman–Crippen MR) is 87.7 cm³/mol. The minimum Gasteiger partial charge on any atom is -0.482 e. The minimum atomic E-state index is -0.739. The first-order chi connectivity index (χ1) is 11.4. The van der Waals surface area contributed by atoms with E-state index in [0.29, 0.717) is 10.7 Å². The summed E-state index contributed by atoms with van der Waals surface area (Å²) in [5.74, 6) is -1.52. The van der Waals surface area contributed by atoms with Gasteiger partial charge in [-0.1, -0.05) is 23.7 Å². The summed E-state index contributed by atoms with van der Waals surface area (Å²) in [4.78, 5) is 23.2. The van der Waals surface area contributed by atoms with Crippen LogP contribution in [0.5, 0.6) is 5.75 Å². The number of esters is 1. The molecule has 0 atom stereocenters.